The predicted octanol–water partition coefficient (Wildman–Crippen LogP) is 1.86. The van der Waals surface area contributed by atoms with Crippen LogP contribution in [0.15, 0.2) is 30.3 Å². The van der Waals surface area contributed by atoms with E-state index in [4.69, 9.17) is 4.74 Å². The highest BCUT2D eigenvalue weighted by atomic mass is 16.5. The molecule has 0 bridgehead atoms. The normalized spacial score (nSPS) is 12.0. The lowest BCUT2D eigenvalue weighted by atomic mass is 10.1. The molecule has 1 rings (SSSR count). The topological polar surface area (TPSA) is 55.8 Å². The summed E-state index contributed by atoms with van der Waals surface area (Å²) in [6, 6.07) is 9.94. The van der Waals surface area contributed by atoms with Crippen LogP contribution in [0.5, 0.6) is 0 Å². The Labute approximate surface area is 125 Å². The van der Waals surface area contributed by atoms with Crippen LogP contribution >= 0.6 is 0 Å². The van der Waals surface area contributed by atoms with Gasteiger partial charge in [0.25, 0.3) is 0 Å². The molecule has 0 fully saturated rings. The van der Waals surface area contributed by atoms with Gasteiger partial charge in [0.15, 0.2) is 0 Å². The van der Waals surface area contributed by atoms with E-state index in [2.05, 4.69) is 9.64 Å². The number of ether oxygens (including phenoxy) is 2. The number of carbonyl (C=O) groups is 2. The quantitative estimate of drug-likeness (QED) is 0.685. The molecule has 0 aliphatic rings. The van der Waals surface area contributed by atoms with Crippen molar-refractivity contribution in [2.75, 3.05) is 27.3 Å². The van der Waals surface area contributed by atoms with Crippen LogP contribution in [0.2, 0.25) is 0 Å². The molecule has 21 heavy (non-hydrogen) atoms. The van der Waals surface area contributed by atoms with Gasteiger partial charge in [-0.25, -0.2) is 0 Å². The Bertz CT molecular complexity index is 447. The van der Waals surface area contributed by atoms with Gasteiger partial charge in [0.05, 0.1) is 26.6 Å². The van der Waals surface area contributed by atoms with Crippen molar-refractivity contribution >= 4 is 11.9 Å². The summed E-state index contributed by atoms with van der Waals surface area (Å²) in [4.78, 5) is 24.9. The molecular formula is C16H23NO4. The third kappa shape index (κ3) is 6.40. The van der Waals surface area contributed by atoms with Crippen LogP contribution in [-0.2, 0) is 25.6 Å². The maximum absolute atomic E-state index is 11.6. The average Bonchev–Trinajstić information content (AvgIpc) is 2.52. The van der Waals surface area contributed by atoms with E-state index in [1.54, 1.807) is 0 Å². The van der Waals surface area contributed by atoms with Gasteiger partial charge in [-0.15, -0.1) is 0 Å². The molecule has 0 aliphatic carbocycles. The number of benzene rings is 1. The fourth-order valence-electron chi connectivity index (χ4n) is 2.09. The summed E-state index contributed by atoms with van der Waals surface area (Å²) in [5.41, 5.74) is 1.14. The Balaban J connectivity index is 2.65. The number of esters is 2. The molecule has 0 saturated heterocycles. The van der Waals surface area contributed by atoms with Crippen molar-refractivity contribution in [3.8, 4) is 0 Å². The number of carbonyl (C=O) groups excluding carboxylic acids is 2. The van der Waals surface area contributed by atoms with Gasteiger partial charge in [0, 0.05) is 19.6 Å². The fourth-order valence-corrected chi connectivity index (χ4v) is 2.09. The maximum atomic E-state index is 11.6. The van der Waals surface area contributed by atoms with Crippen molar-refractivity contribution in [3.05, 3.63) is 35.9 Å². The highest BCUT2D eigenvalue weighted by Crippen LogP contribution is 2.09. The molecule has 5 heteroatoms. The minimum absolute atomic E-state index is 0.239. The van der Waals surface area contributed by atoms with Gasteiger partial charge < -0.3 is 9.47 Å². The number of hydrogen-bond donors (Lipinski definition) is 0. The third-order valence-electron chi connectivity index (χ3n) is 3.24. The lowest BCUT2D eigenvalue weighted by Crippen LogP contribution is -2.33. The van der Waals surface area contributed by atoms with Gasteiger partial charge in [-0.3, -0.25) is 14.5 Å². The minimum atomic E-state index is -0.251. The number of rotatable bonds is 8. The molecule has 5 nitrogen and oxygen atoms in total. The molecule has 0 aromatic heterocycles. The van der Waals surface area contributed by atoms with Crippen LogP contribution in [0, 0.1) is 5.92 Å². The molecule has 0 heterocycles. The van der Waals surface area contributed by atoms with E-state index < -0.39 is 0 Å². The number of methoxy groups -OCH3 is 2. The molecule has 0 radical (unpaired) electrons. The summed E-state index contributed by atoms with van der Waals surface area (Å²) in [5, 5.41) is 0. The maximum Gasteiger partial charge on any atom is 0.309 e. The zero-order valence-corrected chi connectivity index (χ0v) is 12.9. The van der Waals surface area contributed by atoms with Gasteiger partial charge in [-0.2, -0.15) is 0 Å². The first-order valence-corrected chi connectivity index (χ1v) is 6.97. The molecule has 0 aliphatic heterocycles. The first kappa shape index (κ1) is 17.2. The lowest BCUT2D eigenvalue weighted by Gasteiger charge is -2.24. The summed E-state index contributed by atoms with van der Waals surface area (Å²) in [6.45, 7) is 3.59. The zero-order valence-electron chi connectivity index (χ0n) is 12.9. The van der Waals surface area contributed by atoms with E-state index in [1.165, 1.54) is 14.2 Å². The van der Waals surface area contributed by atoms with Crippen LogP contribution in [0.4, 0.5) is 0 Å². The van der Waals surface area contributed by atoms with Gasteiger partial charge >= 0.3 is 11.9 Å². The molecule has 1 aromatic rings. The molecule has 0 spiro atoms. The van der Waals surface area contributed by atoms with Crippen LogP contribution < -0.4 is 0 Å². The van der Waals surface area contributed by atoms with Gasteiger partial charge in [-0.05, 0) is 5.56 Å². The molecule has 1 aromatic carbocycles. The highest BCUT2D eigenvalue weighted by molar-refractivity contribution is 5.72. The van der Waals surface area contributed by atoms with E-state index >= 15 is 0 Å². The smallest absolute Gasteiger partial charge is 0.309 e. The Morgan fingerprint density at radius 2 is 1.81 bits per heavy atom. The van der Waals surface area contributed by atoms with E-state index in [1.807, 2.05) is 37.3 Å². The summed E-state index contributed by atoms with van der Waals surface area (Å²) in [5.74, 6) is -0.735. The summed E-state index contributed by atoms with van der Waals surface area (Å²) in [6.07, 6.45) is 0.303. The van der Waals surface area contributed by atoms with E-state index in [0.717, 1.165) is 5.56 Å². The van der Waals surface area contributed by atoms with Crippen LogP contribution in [-0.4, -0.2) is 44.1 Å². The molecule has 0 amide bonds. The van der Waals surface area contributed by atoms with Crippen molar-refractivity contribution < 1.29 is 19.1 Å². The SMILES string of the molecule is COC(=O)CCN(Cc1ccccc1)CC(C)C(=O)OC. The number of nitrogens with zero attached hydrogens (tertiary/aromatic N) is 1. The average molecular weight is 293 g/mol. The van der Waals surface area contributed by atoms with Crippen LogP contribution in [0.25, 0.3) is 0 Å². The predicted molar refractivity (Wildman–Crippen MR) is 79.5 cm³/mol. The van der Waals surface area contributed by atoms with Crippen molar-refractivity contribution in [1.82, 2.24) is 4.90 Å². The van der Waals surface area contributed by atoms with Gasteiger partial charge in [0.2, 0.25) is 0 Å². The first-order chi connectivity index (χ1) is 10.1. The monoisotopic (exact) mass is 293 g/mol. The van der Waals surface area contributed by atoms with Crippen molar-refractivity contribution in [2.45, 2.75) is 19.9 Å². The van der Waals surface area contributed by atoms with Crippen LogP contribution in [0.3, 0.4) is 0 Å². The van der Waals surface area contributed by atoms with E-state index in [9.17, 15) is 9.59 Å². The van der Waals surface area contributed by atoms with Crippen molar-refractivity contribution in [1.29, 1.82) is 0 Å². The fraction of sp³-hybridized carbons (Fsp3) is 0.500. The largest absolute Gasteiger partial charge is 0.469 e. The van der Waals surface area contributed by atoms with Gasteiger partial charge in [-0.1, -0.05) is 37.3 Å². The Kier molecular flexibility index (Phi) is 7.46. The van der Waals surface area contributed by atoms with Crippen molar-refractivity contribution in [2.24, 2.45) is 5.92 Å². The second-order valence-electron chi connectivity index (χ2n) is 4.97. The molecule has 0 saturated carbocycles. The molecule has 1 atom stereocenters. The standard InChI is InChI=1S/C16H23NO4/c1-13(16(19)21-3)11-17(10-9-15(18)20-2)12-14-7-5-4-6-8-14/h4-8,13H,9-12H2,1-3H3. The third-order valence-corrected chi connectivity index (χ3v) is 3.24. The minimum Gasteiger partial charge on any atom is -0.469 e. The lowest BCUT2D eigenvalue weighted by molar-refractivity contribution is -0.145. The Morgan fingerprint density at radius 3 is 2.38 bits per heavy atom. The van der Waals surface area contributed by atoms with Crippen LogP contribution in [0.1, 0.15) is 18.9 Å². The van der Waals surface area contributed by atoms with Crippen molar-refractivity contribution in [3.63, 3.8) is 0 Å². The Hall–Kier alpha value is -1.88. The zero-order chi connectivity index (χ0) is 15.7. The summed E-state index contributed by atoms with van der Waals surface area (Å²) < 4.78 is 9.42. The molecular weight excluding hydrogens is 270 g/mol. The molecule has 116 valence electrons. The molecule has 0 N–H and O–H groups in total. The second-order valence-corrected chi connectivity index (χ2v) is 4.97. The first-order valence-electron chi connectivity index (χ1n) is 6.97. The number of hydrogen-bond acceptors (Lipinski definition) is 5. The van der Waals surface area contributed by atoms with E-state index in [0.29, 0.717) is 26.1 Å². The second kappa shape index (κ2) is 9.13. The van der Waals surface area contributed by atoms with E-state index in [-0.39, 0.29) is 17.9 Å². The summed E-state index contributed by atoms with van der Waals surface area (Å²) >= 11 is 0. The molecule has 1 unspecified atom stereocenters. The Morgan fingerprint density at radius 1 is 1.14 bits per heavy atom. The summed E-state index contributed by atoms with van der Waals surface area (Å²) in [7, 11) is 2.76. The highest BCUT2D eigenvalue weighted by Gasteiger charge is 2.18. The van der Waals surface area contributed by atoms with Gasteiger partial charge in [0.1, 0.15) is 0 Å².